The molecular weight excluding hydrogens is 198 g/mol. The van der Waals surface area contributed by atoms with E-state index in [2.05, 4.69) is 33.0 Å². The predicted octanol–water partition coefficient (Wildman–Crippen LogP) is 3.61. The van der Waals surface area contributed by atoms with Crippen LogP contribution in [0.25, 0.3) is 0 Å². The van der Waals surface area contributed by atoms with Crippen molar-refractivity contribution in [3.05, 3.63) is 0 Å². The largest absolute Gasteiger partial charge is 0.381 e. The molecule has 0 aliphatic heterocycles. The molecule has 0 saturated heterocycles. The van der Waals surface area contributed by atoms with Crippen LogP contribution < -0.4 is 5.32 Å². The number of rotatable bonds is 11. The molecule has 1 unspecified atom stereocenters. The summed E-state index contributed by atoms with van der Waals surface area (Å²) in [7, 11) is 0. The molecule has 0 spiro atoms. The van der Waals surface area contributed by atoms with E-state index in [0.717, 1.165) is 25.7 Å². The molecule has 0 aromatic rings. The molecule has 0 amide bonds. The quantitative estimate of drug-likeness (QED) is 0.547. The van der Waals surface area contributed by atoms with Crippen molar-refractivity contribution in [2.75, 3.05) is 19.8 Å². The minimum absolute atomic E-state index is 0.617. The van der Waals surface area contributed by atoms with Crippen LogP contribution in [0.5, 0.6) is 0 Å². The van der Waals surface area contributed by atoms with Gasteiger partial charge in [0.05, 0.1) is 0 Å². The van der Waals surface area contributed by atoms with Crippen LogP contribution in [0.2, 0.25) is 0 Å². The van der Waals surface area contributed by atoms with Gasteiger partial charge in [-0.25, -0.2) is 0 Å². The van der Waals surface area contributed by atoms with Gasteiger partial charge in [0, 0.05) is 19.3 Å². The van der Waals surface area contributed by atoms with Crippen molar-refractivity contribution in [1.29, 1.82) is 0 Å². The van der Waals surface area contributed by atoms with Gasteiger partial charge in [-0.2, -0.15) is 0 Å². The minimum Gasteiger partial charge on any atom is -0.381 e. The van der Waals surface area contributed by atoms with Gasteiger partial charge < -0.3 is 10.1 Å². The number of hydrogen-bond acceptors (Lipinski definition) is 2. The number of hydrogen-bond donors (Lipinski definition) is 1. The van der Waals surface area contributed by atoms with Crippen LogP contribution >= 0.6 is 0 Å². The lowest BCUT2D eigenvalue weighted by Gasteiger charge is -2.11. The standard InChI is InChI=1S/C14H31NO/c1-5-9-14(4)12-16-11-8-6-7-10-15-13(2)3/h13-15H,5-12H2,1-4H3. The topological polar surface area (TPSA) is 21.3 Å². The average Bonchev–Trinajstić information content (AvgIpc) is 2.22. The lowest BCUT2D eigenvalue weighted by Crippen LogP contribution is -2.23. The smallest absolute Gasteiger partial charge is 0.0491 e. The molecule has 1 atom stereocenters. The summed E-state index contributed by atoms with van der Waals surface area (Å²) in [6, 6.07) is 0.617. The highest BCUT2D eigenvalue weighted by Gasteiger charge is 2.00. The zero-order valence-electron chi connectivity index (χ0n) is 11.7. The molecule has 0 heterocycles. The van der Waals surface area contributed by atoms with Crippen LogP contribution in [0, 0.1) is 5.92 Å². The van der Waals surface area contributed by atoms with E-state index < -0.39 is 0 Å². The number of unbranched alkanes of at least 4 members (excludes halogenated alkanes) is 2. The molecule has 1 N–H and O–H groups in total. The summed E-state index contributed by atoms with van der Waals surface area (Å²) >= 11 is 0. The highest BCUT2D eigenvalue weighted by atomic mass is 16.5. The Morgan fingerprint density at radius 1 is 1.06 bits per heavy atom. The first-order valence-electron chi connectivity index (χ1n) is 6.98. The summed E-state index contributed by atoms with van der Waals surface area (Å²) in [6.07, 6.45) is 6.32. The van der Waals surface area contributed by atoms with Gasteiger partial charge in [-0.05, 0) is 38.1 Å². The van der Waals surface area contributed by atoms with E-state index in [0.29, 0.717) is 6.04 Å². The van der Waals surface area contributed by atoms with Gasteiger partial charge in [0.2, 0.25) is 0 Å². The normalized spacial score (nSPS) is 13.3. The van der Waals surface area contributed by atoms with E-state index in [-0.39, 0.29) is 0 Å². The molecule has 0 rings (SSSR count). The first-order valence-corrected chi connectivity index (χ1v) is 6.98. The van der Waals surface area contributed by atoms with Crippen molar-refractivity contribution in [2.45, 2.75) is 65.8 Å². The molecular formula is C14H31NO. The molecule has 2 nitrogen and oxygen atoms in total. The number of nitrogens with one attached hydrogen (secondary N) is 1. The van der Waals surface area contributed by atoms with Gasteiger partial charge in [0.15, 0.2) is 0 Å². The fourth-order valence-electron chi connectivity index (χ4n) is 1.76. The van der Waals surface area contributed by atoms with Crippen molar-refractivity contribution in [2.24, 2.45) is 5.92 Å². The maximum atomic E-state index is 5.66. The maximum Gasteiger partial charge on any atom is 0.0491 e. The van der Waals surface area contributed by atoms with Crippen molar-refractivity contribution < 1.29 is 4.74 Å². The van der Waals surface area contributed by atoms with Crippen molar-refractivity contribution >= 4 is 0 Å². The van der Waals surface area contributed by atoms with Crippen LogP contribution in [0.1, 0.15) is 59.8 Å². The van der Waals surface area contributed by atoms with E-state index >= 15 is 0 Å². The highest BCUT2D eigenvalue weighted by molar-refractivity contribution is 4.53. The third-order valence-electron chi connectivity index (χ3n) is 2.70. The van der Waals surface area contributed by atoms with Crippen LogP contribution in [-0.2, 0) is 4.74 Å². The predicted molar refractivity (Wildman–Crippen MR) is 71.9 cm³/mol. The monoisotopic (exact) mass is 229 g/mol. The minimum atomic E-state index is 0.617. The Bertz CT molecular complexity index is 137. The van der Waals surface area contributed by atoms with Crippen molar-refractivity contribution in [3.63, 3.8) is 0 Å². The zero-order valence-corrected chi connectivity index (χ0v) is 11.7. The third kappa shape index (κ3) is 12.0. The summed E-state index contributed by atoms with van der Waals surface area (Å²) < 4.78 is 5.66. The molecule has 2 heteroatoms. The molecule has 16 heavy (non-hydrogen) atoms. The highest BCUT2D eigenvalue weighted by Crippen LogP contribution is 2.05. The lowest BCUT2D eigenvalue weighted by molar-refractivity contribution is 0.0984. The Kier molecular flexibility index (Phi) is 11.3. The van der Waals surface area contributed by atoms with Gasteiger partial charge in [0.1, 0.15) is 0 Å². The average molecular weight is 229 g/mol. The molecule has 0 aromatic heterocycles. The molecule has 0 fully saturated rings. The first kappa shape index (κ1) is 15.9. The first-order chi connectivity index (χ1) is 7.66. The zero-order chi connectivity index (χ0) is 12.2. The van der Waals surface area contributed by atoms with Gasteiger partial charge in [0.25, 0.3) is 0 Å². The van der Waals surface area contributed by atoms with Crippen molar-refractivity contribution in [1.82, 2.24) is 5.32 Å². The van der Waals surface area contributed by atoms with Crippen molar-refractivity contribution in [3.8, 4) is 0 Å². The van der Waals surface area contributed by atoms with Gasteiger partial charge >= 0.3 is 0 Å². The Labute approximate surface area is 102 Å². The second-order valence-corrected chi connectivity index (χ2v) is 5.14. The maximum absolute atomic E-state index is 5.66. The molecule has 0 aliphatic rings. The summed E-state index contributed by atoms with van der Waals surface area (Å²) in [5, 5.41) is 3.43. The summed E-state index contributed by atoms with van der Waals surface area (Å²) in [6.45, 7) is 11.9. The second kappa shape index (κ2) is 11.4. The Hall–Kier alpha value is -0.0800. The van der Waals surface area contributed by atoms with Crippen LogP contribution in [0.15, 0.2) is 0 Å². The van der Waals surface area contributed by atoms with Gasteiger partial charge in [-0.15, -0.1) is 0 Å². The third-order valence-corrected chi connectivity index (χ3v) is 2.70. The number of ether oxygens (including phenoxy) is 1. The van der Waals surface area contributed by atoms with Crippen LogP contribution in [-0.4, -0.2) is 25.8 Å². The Morgan fingerprint density at radius 3 is 2.44 bits per heavy atom. The fourth-order valence-corrected chi connectivity index (χ4v) is 1.76. The van der Waals surface area contributed by atoms with E-state index in [4.69, 9.17) is 4.74 Å². The summed E-state index contributed by atoms with van der Waals surface area (Å²) in [4.78, 5) is 0. The Morgan fingerprint density at radius 2 is 1.81 bits per heavy atom. The molecule has 0 radical (unpaired) electrons. The van der Waals surface area contributed by atoms with Gasteiger partial charge in [-0.3, -0.25) is 0 Å². The van der Waals surface area contributed by atoms with E-state index in [1.54, 1.807) is 0 Å². The lowest BCUT2D eigenvalue weighted by atomic mass is 10.1. The fraction of sp³-hybridized carbons (Fsp3) is 1.00. The molecule has 0 aromatic carbocycles. The van der Waals surface area contributed by atoms with Crippen LogP contribution in [0.3, 0.4) is 0 Å². The second-order valence-electron chi connectivity index (χ2n) is 5.14. The molecule has 98 valence electrons. The van der Waals surface area contributed by atoms with E-state index in [1.807, 2.05) is 0 Å². The van der Waals surface area contributed by atoms with E-state index in [9.17, 15) is 0 Å². The molecule has 0 bridgehead atoms. The SMILES string of the molecule is CCCC(C)COCCCCCNC(C)C. The van der Waals surface area contributed by atoms with Crippen LogP contribution in [0.4, 0.5) is 0 Å². The van der Waals surface area contributed by atoms with E-state index in [1.165, 1.54) is 32.1 Å². The summed E-state index contributed by atoms with van der Waals surface area (Å²) in [5.74, 6) is 0.729. The Balaban J connectivity index is 3.04. The van der Waals surface area contributed by atoms with Gasteiger partial charge in [-0.1, -0.05) is 34.1 Å². The summed E-state index contributed by atoms with van der Waals surface area (Å²) in [5.41, 5.74) is 0. The molecule has 0 saturated carbocycles. The molecule has 0 aliphatic carbocycles.